The number of rotatable bonds is 5. The zero-order chi connectivity index (χ0) is 21.1. The van der Waals surface area contributed by atoms with Crippen LogP contribution < -0.4 is 10.2 Å². The molecule has 2 aromatic heterocycles. The van der Waals surface area contributed by atoms with E-state index in [1.807, 2.05) is 0 Å². The number of alkyl halides is 3. The quantitative estimate of drug-likeness (QED) is 0.376. The van der Waals surface area contributed by atoms with Gasteiger partial charge in [-0.3, -0.25) is 4.79 Å². The zero-order valence-electron chi connectivity index (χ0n) is 15.8. The van der Waals surface area contributed by atoms with E-state index in [9.17, 15) is 18.0 Å². The van der Waals surface area contributed by atoms with Crippen molar-refractivity contribution in [1.29, 1.82) is 0 Å². The molecule has 3 heterocycles. The highest BCUT2D eigenvalue weighted by molar-refractivity contribution is 8.00. The minimum absolute atomic E-state index is 0.0486. The number of halogens is 3. The van der Waals surface area contributed by atoms with Crippen LogP contribution in [0.2, 0.25) is 0 Å². The molecule has 1 saturated heterocycles. The van der Waals surface area contributed by atoms with Crippen LogP contribution in [0.5, 0.6) is 0 Å². The lowest BCUT2D eigenvalue weighted by molar-refractivity contribution is -0.145. The molecule has 1 aliphatic heterocycles. The Kier molecular flexibility index (Phi) is 5.87. The maximum absolute atomic E-state index is 13.1. The topological polar surface area (TPSA) is 71.0 Å². The van der Waals surface area contributed by atoms with E-state index >= 15 is 0 Å². The molecular weight excluding hydrogens is 415 g/mol. The van der Waals surface area contributed by atoms with Gasteiger partial charge in [-0.25, -0.2) is 15.0 Å². The molecule has 0 amide bonds. The summed E-state index contributed by atoms with van der Waals surface area (Å²) >= 11 is 0.968. The molecular formula is C20H18F3N5OS. The first-order valence-electron chi connectivity index (χ1n) is 9.33. The van der Waals surface area contributed by atoms with Crippen molar-refractivity contribution in [3.8, 4) is 0 Å². The first-order valence-corrected chi connectivity index (χ1v) is 10.3. The van der Waals surface area contributed by atoms with Gasteiger partial charge in [-0.05, 0) is 18.2 Å². The zero-order valence-corrected chi connectivity index (χ0v) is 16.6. The molecule has 6 nitrogen and oxygen atoms in total. The van der Waals surface area contributed by atoms with Crippen molar-refractivity contribution in [2.45, 2.75) is 11.2 Å². The van der Waals surface area contributed by atoms with E-state index in [4.69, 9.17) is 0 Å². The summed E-state index contributed by atoms with van der Waals surface area (Å²) < 4.78 is 39.4. The number of para-hydroxylation sites is 1. The van der Waals surface area contributed by atoms with E-state index < -0.39 is 12.0 Å². The van der Waals surface area contributed by atoms with Crippen LogP contribution in [-0.4, -0.2) is 52.7 Å². The number of anilines is 1. The third-order valence-corrected chi connectivity index (χ3v) is 5.66. The number of piperazine rings is 1. The highest BCUT2D eigenvalue weighted by Crippen LogP contribution is 2.32. The van der Waals surface area contributed by atoms with Gasteiger partial charge in [0, 0.05) is 43.3 Å². The van der Waals surface area contributed by atoms with E-state index in [0.717, 1.165) is 43.8 Å². The predicted molar refractivity (Wildman–Crippen MR) is 109 cm³/mol. The maximum atomic E-state index is 13.1. The number of nitrogens with zero attached hydrogens (tertiary/aromatic N) is 4. The van der Waals surface area contributed by atoms with Gasteiger partial charge in [-0.15, -0.1) is 0 Å². The molecule has 0 bridgehead atoms. The Morgan fingerprint density at radius 1 is 1.10 bits per heavy atom. The number of hydrogen-bond donors (Lipinski definition) is 1. The first kappa shape index (κ1) is 20.5. The third-order valence-electron chi connectivity index (χ3n) is 4.67. The number of Topliss-reactive ketones (excluding diaryl/α,β-unsaturated/α-hetero) is 1. The van der Waals surface area contributed by atoms with Gasteiger partial charge in [0.2, 0.25) is 5.82 Å². The summed E-state index contributed by atoms with van der Waals surface area (Å²) in [6, 6.07) is 9.95. The molecule has 30 heavy (non-hydrogen) atoms. The Balaban J connectivity index is 1.50. The van der Waals surface area contributed by atoms with Crippen molar-refractivity contribution in [2.75, 3.05) is 36.8 Å². The molecule has 10 heteroatoms. The standard InChI is InChI=1S/C20H18F3N5OS/c21-20(22,23)19-26-15-4-2-1-3-14(15)18(27-19)30-12-16(29)13-5-6-17(25-11-13)28-9-7-24-8-10-28/h1-6,11,24H,7-10,12H2. The van der Waals surface area contributed by atoms with Gasteiger partial charge in [0.25, 0.3) is 0 Å². The molecule has 0 radical (unpaired) electrons. The molecule has 3 aromatic rings. The molecule has 1 fully saturated rings. The van der Waals surface area contributed by atoms with Gasteiger partial charge in [-0.1, -0.05) is 30.0 Å². The number of pyridine rings is 1. The molecule has 156 valence electrons. The summed E-state index contributed by atoms with van der Waals surface area (Å²) in [5.74, 6) is -0.682. The van der Waals surface area contributed by atoms with Gasteiger partial charge in [0.1, 0.15) is 10.8 Å². The SMILES string of the molecule is O=C(CSc1nc(C(F)(F)F)nc2ccccc12)c1ccc(N2CCNCC2)nc1. The Bertz CT molecular complexity index is 1050. The van der Waals surface area contributed by atoms with Crippen molar-refractivity contribution in [3.63, 3.8) is 0 Å². The largest absolute Gasteiger partial charge is 0.451 e. The van der Waals surface area contributed by atoms with Crippen LogP contribution in [0.1, 0.15) is 16.2 Å². The summed E-state index contributed by atoms with van der Waals surface area (Å²) in [5, 5.41) is 3.88. The van der Waals surface area contributed by atoms with Crippen LogP contribution in [0.25, 0.3) is 10.9 Å². The summed E-state index contributed by atoms with van der Waals surface area (Å²) in [6.07, 6.45) is -3.15. The number of ketones is 1. The second-order valence-electron chi connectivity index (χ2n) is 6.72. The minimum atomic E-state index is -4.66. The van der Waals surface area contributed by atoms with Crippen molar-refractivity contribution in [3.05, 3.63) is 54.0 Å². The fourth-order valence-corrected chi connectivity index (χ4v) is 4.05. The molecule has 4 rings (SSSR count). The highest BCUT2D eigenvalue weighted by atomic mass is 32.2. The molecule has 0 unspecified atom stereocenters. The minimum Gasteiger partial charge on any atom is -0.354 e. The second kappa shape index (κ2) is 8.57. The predicted octanol–water partition coefficient (Wildman–Crippen LogP) is 3.43. The summed E-state index contributed by atoms with van der Waals surface area (Å²) in [4.78, 5) is 26.3. The molecule has 0 aliphatic carbocycles. The average Bonchev–Trinajstić information content (AvgIpc) is 2.77. The number of fused-ring (bicyclic) bond motifs is 1. The number of thioether (sulfide) groups is 1. The van der Waals surface area contributed by atoms with Crippen LogP contribution in [0.15, 0.2) is 47.6 Å². The smallest absolute Gasteiger partial charge is 0.354 e. The summed E-state index contributed by atoms with van der Waals surface area (Å²) in [7, 11) is 0. The van der Waals surface area contributed by atoms with Crippen LogP contribution in [0.4, 0.5) is 19.0 Å². The van der Waals surface area contributed by atoms with E-state index in [1.54, 1.807) is 30.3 Å². The Morgan fingerprint density at radius 3 is 2.57 bits per heavy atom. The van der Waals surface area contributed by atoms with Crippen LogP contribution in [0, 0.1) is 0 Å². The molecule has 1 aliphatic rings. The lowest BCUT2D eigenvalue weighted by atomic mass is 10.2. The van der Waals surface area contributed by atoms with E-state index in [2.05, 4.69) is 25.2 Å². The number of hydrogen-bond acceptors (Lipinski definition) is 7. The lowest BCUT2D eigenvalue weighted by Crippen LogP contribution is -2.43. The van der Waals surface area contributed by atoms with Crippen LogP contribution in [0.3, 0.4) is 0 Å². The third kappa shape index (κ3) is 4.54. The van der Waals surface area contributed by atoms with Crippen molar-refractivity contribution in [2.24, 2.45) is 0 Å². The van der Waals surface area contributed by atoms with E-state index in [0.29, 0.717) is 10.9 Å². The number of nitrogens with one attached hydrogen (secondary N) is 1. The molecule has 0 atom stereocenters. The van der Waals surface area contributed by atoms with Gasteiger partial charge < -0.3 is 10.2 Å². The normalized spacial score (nSPS) is 14.8. The number of benzene rings is 1. The lowest BCUT2D eigenvalue weighted by Gasteiger charge is -2.28. The highest BCUT2D eigenvalue weighted by Gasteiger charge is 2.35. The molecule has 0 saturated carbocycles. The van der Waals surface area contributed by atoms with Crippen LogP contribution >= 0.6 is 11.8 Å². The van der Waals surface area contributed by atoms with Gasteiger partial charge in [0.05, 0.1) is 11.3 Å². The molecule has 1 N–H and O–H groups in total. The summed E-state index contributed by atoms with van der Waals surface area (Å²) in [5.41, 5.74) is 0.604. The van der Waals surface area contributed by atoms with E-state index in [1.165, 1.54) is 12.3 Å². The monoisotopic (exact) mass is 433 g/mol. The average molecular weight is 433 g/mol. The summed E-state index contributed by atoms with van der Waals surface area (Å²) in [6.45, 7) is 3.45. The van der Waals surface area contributed by atoms with E-state index in [-0.39, 0.29) is 22.1 Å². The van der Waals surface area contributed by atoms with Gasteiger partial charge in [-0.2, -0.15) is 13.2 Å². The van der Waals surface area contributed by atoms with Crippen LogP contribution in [-0.2, 0) is 6.18 Å². The van der Waals surface area contributed by atoms with Crippen molar-refractivity contribution >= 4 is 34.3 Å². The van der Waals surface area contributed by atoms with Gasteiger partial charge in [0.15, 0.2) is 5.78 Å². The Hall–Kier alpha value is -2.72. The number of carbonyl (C=O) groups excluding carboxylic acids is 1. The Labute approximate surface area is 174 Å². The van der Waals surface area contributed by atoms with Gasteiger partial charge >= 0.3 is 6.18 Å². The first-order chi connectivity index (χ1) is 14.4. The fraction of sp³-hybridized carbons (Fsp3) is 0.300. The number of carbonyl (C=O) groups is 1. The van der Waals surface area contributed by atoms with Crippen molar-refractivity contribution in [1.82, 2.24) is 20.3 Å². The Morgan fingerprint density at radius 2 is 1.87 bits per heavy atom. The molecule has 1 aromatic carbocycles. The maximum Gasteiger partial charge on any atom is 0.451 e. The fourth-order valence-electron chi connectivity index (χ4n) is 3.13. The van der Waals surface area contributed by atoms with Crippen molar-refractivity contribution < 1.29 is 18.0 Å². The number of aromatic nitrogens is 3. The molecule has 0 spiro atoms. The second-order valence-corrected chi connectivity index (χ2v) is 7.69.